The lowest BCUT2D eigenvalue weighted by Crippen LogP contribution is -2.35. The molecular formula is C19H19Cl2N3O4. The molecule has 0 aromatic heterocycles. The van der Waals surface area contributed by atoms with Crippen molar-refractivity contribution in [3.05, 3.63) is 45.9 Å². The van der Waals surface area contributed by atoms with Gasteiger partial charge in [0.15, 0.2) is 11.5 Å². The zero-order valence-electron chi connectivity index (χ0n) is 15.6. The second-order valence-corrected chi connectivity index (χ2v) is 6.62. The van der Waals surface area contributed by atoms with Gasteiger partial charge in [0, 0.05) is 18.7 Å². The van der Waals surface area contributed by atoms with Crippen LogP contribution in [0.5, 0.6) is 17.2 Å². The molecule has 0 bridgehead atoms. The molecule has 0 aliphatic carbocycles. The average molecular weight is 424 g/mol. The molecule has 148 valence electrons. The highest BCUT2D eigenvalue weighted by molar-refractivity contribution is 6.38. The lowest BCUT2D eigenvalue weighted by Gasteiger charge is -2.18. The van der Waals surface area contributed by atoms with Crippen molar-refractivity contribution in [3.63, 3.8) is 0 Å². The van der Waals surface area contributed by atoms with Gasteiger partial charge in [0.05, 0.1) is 31.4 Å². The van der Waals surface area contributed by atoms with Crippen molar-refractivity contribution < 1.29 is 19.0 Å². The summed E-state index contributed by atoms with van der Waals surface area (Å²) in [5.41, 5.74) is 0.772. The number of carbonyl (C=O) groups is 1. The molecule has 0 atom stereocenters. The van der Waals surface area contributed by atoms with Crippen molar-refractivity contribution in [1.82, 2.24) is 10.2 Å². The molecule has 0 spiro atoms. The van der Waals surface area contributed by atoms with Gasteiger partial charge in [0.2, 0.25) is 11.7 Å². The van der Waals surface area contributed by atoms with Crippen LogP contribution in [0, 0.1) is 0 Å². The van der Waals surface area contributed by atoms with Crippen molar-refractivity contribution in [1.29, 1.82) is 0 Å². The number of nitrogens with one attached hydrogen (secondary N) is 1. The second-order valence-electron chi connectivity index (χ2n) is 5.80. The van der Waals surface area contributed by atoms with E-state index >= 15 is 0 Å². The first-order valence-electron chi connectivity index (χ1n) is 8.38. The molecular weight excluding hydrogens is 405 g/mol. The fraction of sp³-hybridized carbons (Fsp3) is 0.263. The van der Waals surface area contributed by atoms with Crippen LogP contribution in [0.25, 0.3) is 0 Å². The van der Waals surface area contributed by atoms with Gasteiger partial charge in [-0.05, 0) is 24.3 Å². The Hall–Kier alpha value is -2.64. The number of hydrogen-bond acceptors (Lipinski definition) is 5. The second kappa shape index (κ2) is 8.58. The predicted octanol–water partition coefficient (Wildman–Crippen LogP) is 3.75. The van der Waals surface area contributed by atoms with E-state index in [0.29, 0.717) is 57.6 Å². The van der Waals surface area contributed by atoms with Crippen LogP contribution < -0.4 is 19.5 Å². The summed E-state index contributed by atoms with van der Waals surface area (Å²) in [7, 11) is 4.49. The van der Waals surface area contributed by atoms with Crippen molar-refractivity contribution in [2.45, 2.75) is 0 Å². The Bertz CT molecular complexity index is 888. The molecule has 1 aliphatic heterocycles. The molecule has 2 aromatic carbocycles. The van der Waals surface area contributed by atoms with Crippen molar-refractivity contribution >= 4 is 40.8 Å². The van der Waals surface area contributed by atoms with Gasteiger partial charge in [-0.2, -0.15) is 0 Å². The van der Waals surface area contributed by atoms with Gasteiger partial charge in [0.25, 0.3) is 5.91 Å². The molecule has 1 saturated heterocycles. The monoisotopic (exact) mass is 423 g/mol. The van der Waals surface area contributed by atoms with Crippen molar-refractivity contribution in [2.24, 2.45) is 4.99 Å². The Morgan fingerprint density at radius 3 is 2.21 bits per heavy atom. The zero-order chi connectivity index (χ0) is 20.3. The van der Waals surface area contributed by atoms with Gasteiger partial charge in [-0.25, -0.2) is 4.99 Å². The summed E-state index contributed by atoms with van der Waals surface area (Å²) < 4.78 is 16.0. The largest absolute Gasteiger partial charge is 0.493 e. The minimum atomic E-state index is -0.272. The maximum atomic E-state index is 13.1. The fourth-order valence-electron chi connectivity index (χ4n) is 2.84. The van der Waals surface area contributed by atoms with Crippen LogP contribution in [-0.4, -0.2) is 51.2 Å². The van der Waals surface area contributed by atoms with Crippen LogP contribution in [0.4, 0.5) is 5.69 Å². The van der Waals surface area contributed by atoms with E-state index in [1.54, 1.807) is 30.3 Å². The van der Waals surface area contributed by atoms with E-state index in [1.807, 2.05) is 0 Å². The van der Waals surface area contributed by atoms with Crippen LogP contribution in [0.1, 0.15) is 10.4 Å². The lowest BCUT2D eigenvalue weighted by molar-refractivity contribution is 0.0858. The summed E-state index contributed by atoms with van der Waals surface area (Å²) in [5, 5.41) is 3.88. The van der Waals surface area contributed by atoms with E-state index < -0.39 is 0 Å². The number of halogens is 2. The molecule has 1 heterocycles. The van der Waals surface area contributed by atoms with E-state index in [0.717, 1.165) is 0 Å². The molecule has 0 saturated carbocycles. The highest BCUT2D eigenvalue weighted by Gasteiger charge is 2.28. The van der Waals surface area contributed by atoms with Gasteiger partial charge >= 0.3 is 0 Å². The molecule has 7 nitrogen and oxygen atoms in total. The molecule has 28 heavy (non-hydrogen) atoms. The van der Waals surface area contributed by atoms with E-state index in [2.05, 4.69) is 10.3 Å². The number of hydrogen-bond donors (Lipinski definition) is 1. The summed E-state index contributed by atoms with van der Waals surface area (Å²) in [6.07, 6.45) is 0. The van der Waals surface area contributed by atoms with Crippen LogP contribution in [-0.2, 0) is 0 Å². The number of rotatable bonds is 5. The quantitative estimate of drug-likeness (QED) is 0.792. The van der Waals surface area contributed by atoms with Gasteiger partial charge < -0.3 is 19.5 Å². The van der Waals surface area contributed by atoms with Crippen molar-refractivity contribution in [2.75, 3.05) is 34.4 Å². The van der Waals surface area contributed by atoms with Gasteiger partial charge in [-0.3, -0.25) is 9.69 Å². The number of nitrogens with zero attached hydrogens (tertiary/aromatic N) is 2. The Kier molecular flexibility index (Phi) is 6.16. The molecule has 2 aromatic rings. The van der Waals surface area contributed by atoms with Crippen LogP contribution in [0.15, 0.2) is 35.3 Å². The number of ether oxygens (including phenoxy) is 3. The number of benzene rings is 2. The SMILES string of the molecule is COc1cc(C(=O)N2CCN/C2=N\c2c(Cl)cccc2Cl)cc(OC)c1OC. The highest BCUT2D eigenvalue weighted by atomic mass is 35.5. The van der Waals surface area contributed by atoms with Crippen LogP contribution >= 0.6 is 23.2 Å². The Morgan fingerprint density at radius 2 is 1.68 bits per heavy atom. The maximum Gasteiger partial charge on any atom is 0.260 e. The van der Waals surface area contributed by atoms with E-state index in [4.69, 9.17) is 37.4 Å². The van der Waals surface area contributed by atoms with E-state index in [1.165, 1.54) is 26.2 Å². The third-order valence-corrected chi connectivity index (χ3v) is 4.80. The van der Waals surface area contributed by atoms with E-state index in [-0.39, 0.29) is 5.91 Å². The molecule has 1 fully saturated rings. The minimum Gasteiger partial charge on any atom is -0.493 e. The molecule has 1 aliphatic rings. The summed E-state index contributed by atoms with van der Waals surface area (Å²) in [5.74, 6) is 1.30. The van der Waals surface area contributed by atoms with Gasteiger partial charge in [-0.1, -0.05) is 29.3 Å². The minimum absolute atomic E-state index is 0.272. The van der Waals surface area contributed by atoms with Crippen LogP contribution in [0.2, 0.25) is 10.0 Å². The number of methoxy groups -OCH3 is 3. The highest BCUT2D eigenvalue weighted by Crippen LogP contribution is 2.39. The predicted molar refractivity (Wildman–Crippen MR) is 109 cm³/mol. The van der Waals surface area contributed by atoms with E-state index in [9.17, 15) is 4.79 Å². The van der Waals surface area contributed by atoms with Crippen LogP contribution in [0.3, 0.4) is 0 Å². The zero-order valence-corrected chi connectivity index (χ0v) is 17.1. The molecule has 0 radical (unpaired) electrons. The number of guanidine groups is 1. The Balaban J connectivity index is 1.99. The maximum absolute atomic E-state index is 13.1. The molecule has 1 amide bonds. The van der Waals surface area contributed by atoms with Gasteiger partial charge in [0.1, 0.15) is 5.69 Å². The normalized spacial score (nSPS) is 14.8. The standard InChI is InChI=1S/C19H19Cl2N3O4/c1-26-14-9-11(10-15(27-2)17(14)28-3)18(25)24-8-7-22-19(24)23-16-12(20)5-4-6-13(16)21/h4-6,9-10H,7-8H2,1-3H3,(H,22,23). The Morgan fingerprint density at radius 1 is 1.07 bits per heavy atom. The van der Waals surface area contributed by atoms with Crippen molar-refractivity contribution in [3.8, 4) is 17.2 Å². The first kappa shape index (κ1) is 20.1. The molecule has 0 unspecified atom stereocenters. The summed E-state index contributed by atoms with van der Waals surface area (Å²) in [4.78, 5) is 19.1. The first-order chi connectivity index (χ1) is 13.5. The number of amides is 1. The third kappa shape index (κ3) is 3.81. The lowest BCUT2D eigenvalue weighted by atomic mass is 10.1. The molecule has 1 N–H and O–H groups in total. The smallest absolute Gasteiger partial charge is 0.260 e. The molecule has 9 heteroatoms. The summed E-state index contributed by atoms with van der Waals surface area (Å²) in [6.45, 7) is 0.994. The number of aliphatic imine (C=N–C) groups is 1. The average Bonchev–Trinajstić information content (AvgIpc) is 3.17. The summed E-state index contributed by atoms with van der Waals surface area (Å²) >= 11 is 12.4. The Labute approximate surface area is 172 Å². The first-order valence-corrected chi connectivity index (χ1v) is 9.14. The topological polar surface area (TPSA) is 72.4 Å². The van der Waals surface area contributed by atoms with Gasteiger partial charge in [-0.15, -0.1) is 0 Å². The molecule has 3 rings (SSSR count). The number of carbonyl (C=O) groups excluding carboxylic acids is 1. The summed E-state index contributed by atoms with van der Waals surface area (Å²) in [6, 6.07) is 8.31. The third-order valence-electron chi connectivity index (χ3n) is 4.19. The fourth-order valence-corrected chi connectivity index (χ4v) is 3.32. The number of para-hydroxylation sites is 1.